The van der Waals surface area contributed by atoms with E-state index in [-0.39, 0.29) is 35.4 Å². The maximum absolute atomic E-state index is 13.8. The number of Topliss-reactive ketones (excluding diaryl/α,β-unsaturated/α-hetero) is 1. The summed E-state index contributed by atoms with van der Waals surface area (Å²) in [7, 11) is 0. The molecule has 5 unspecified atom stereocenters. The summed E-state index contributed by atoms with van der Waals surface area (Å²) in [5, 5.41) is 0. The zero-order valence-electron chi connectivity index (χ0n) is 17.6. The van der Waals surface area contributed by atoms with Crippen LogP contribution in [0, 0.1) is 17.8 Å². The van der Waals surface area contributed by atoms with Crippen LogP contribution in [0.1, 0.15) is 43.9 Å². The Kier molecular flexibility index (Phi) is 5.21. The van der Waals surface area contributed by atoms with E-state index in [0.717, 1.165) is 28.4 Å². The van der Waals surface area contributed by atoms with Crippen LogP contribution in [0.2, 0.25) is 0 Å². The molecule has 0 spiro atoms. The SMILES string of the molecule is CC1CC(C)C2OC3=C(C(=O)C2C1)C(c1ccc(Br)cc1)N(Cc1cccnc1)C3=O. The van der Waals surface area contributed by atoms with Crippen molar-refractivity contribution in [1.29, 1.82) is 0 Å². The number of benzene rings is 1. The highest BCUT2D eigenvalue weighted by molar-refractivity contribution is 9.10. The second kappa shape index (κ2) is 7.90. The summed E-state index contributed by atoms with van der Waals surface area (Å²) in [5.74, 6) is 0.675. The number of fused-ring (bicyclic) bond motifs is 1. The molecule has 2 aliphatic heterocycles. The molecule has 5 nitrogen and oxygen atoms in total. The monoisotopic (exact) mass is 480 g/mol. The van der Waals surface area contributed by atoms with Crippen LogP contribution in [-0.4, -0.2) is 27.7 Å². The van der Waals surface area contributed by atoms with Crippen molar-refractivity contribution in [2.45, 2.75) is 45.4 Å². The first-order chi connectivity index (χ1) is 14.9. The number of hydrogen-bond donors (Lipinski definition) is 0. The molecule has 0 radical (unpaired) electrons. The third-order valence-electron chi connectivity index (χ3n) is 6.79. The van der Waals surface area contributed by atoms with Gasteiger partial charge in [0.2, 0.25) is 0 Å². The number of ketones is 1. The molecule has 1 amide bonds. The highest BCUT2D eigenvalue weighted by Gasteiger charge is 2.53. The van der Waals surface area contributed by atoms with Gasteiger partial charge in [-0.1, -0.05) is 48.0 Å². The number of amides is 1. The predicted octanol–water partition coefficient (Wildman–Crippen LogP) is 4.83. The number of rotatable bonds is 3. The second-order valence-corrected chi connectivity index (χ2v) is 10.0. The lowest BCUT2D eigenvalue weighted by Gasteiger charge is -2.41. The molecule has 5 atom stereocenters. The molecule has 3 heterocycles. The quantitative estimate of drug-likeness (QED) is 0.630. The Hall–Kier alpha value is -2.47. The van der Waals surface area contributed by atoms with Gasteiger partial charge in [0, 0.05) is 23.4 Å². The lowest BCUT2D eigenvalue weighted by Crippen LogP contribution is -2.45. The lowest BCUT2D eigenvalue weighted by molar-refractivity contribution is -0.139. The van der Waals surface area contributed by atoms with E-state index in [1.807, 2.05) is 36.4 Å². The van der Waals surface area contributed by atoms with E-state index in [1.54, 1.807) is 17.3 Å². The summed E-state index contributed by atoms with van der Waals surface area (Å²) in [5.41, 5.74) is 2.36. The van der Waals surface area contributed by atoms with Gasteiger partial charge in [-0.05, 0) is 54.0 Å². The van der Waals surface area contributed by atoms with Gasteiger partial charge in [0.05, 0.1) is 17.5 Å². The fraction of sp³-hybridized carbons (Fsp3) is 0.400. The first-order valence-electron chi connectivity index (χ1n) is 10.8. The Morgan fingerprint density at radius 2 is 1.90 bits per heavy atom. The van der Waals surface area contributed by atoms with Crippen molar-refractivity contribution in [3.05, 3.63) is 75.7 Å². The molecule has 0 saturated heterocycles. The number of pyridine rings is 1. The minimum absolute atomic E-state index is 0.0830. The second-order valence-electron chi connectivity index (χ2n) is 9.10. The molecule has 1 aromatic heterocycles. The van der Waals surface area contributed by atoms with E-state index < -0.39 is 6.04 Å². The van der Waals surface area contributed by atoms with Gasteiger partial charge in [-0.3, -0.25) is 14.6 Å². The van der Waals surface area contributed by atoms with Crippen molar-refractivity contribution in [3.63, 3.8) is 0 Å². The van der Waals surface area contributed by atoms with Crippen molar-refractivity contribution in [2.24, 2.45) is 17.8 Å². The highest BCUT2D eigenvalue weighted by atomic mass is 79.9. The van der Waals surface area contributed by atoms with Gasteiger partial charge in [0.25, 0.3) is 5.91 Å². The third kappa shape index (κ3) is 3.51. The Balaban J connectivity index is 1.59. The zero-order valence-corrected chi connectivity index (χ0v) is 19.2. The number of hydrogen-bond acceptors (Lipinski definition) is 4. The molecule has 160 valence electrons. The van der Waals surface area contributed by atoms with E-state index in [0.29, 0.717) is 18.0 Å². The van der Waals surface area contributed by atoms with Crippen LogP contribution in [0.3, 0.4) is 0 Å². The van der Waals surface area contributed by atoms with E-state index in [9.17, 15) is 9.59 Å². The van der Waals surface area contributed by atoms with Crippen LogP contribution >= 0.6 is 15.9 Å². The Morgan fingerprint density at radius 3 is 2.61 bits per heavy atom. The summed E-state index contributed by atoms with van der Waals surface area (Å²) in [4.78, 5) is 33.3. The molecule has 1 aliphatic carbocycles. The normalized spacial score (nSPS) is 30.2. The van der Waals surface area contributed by atoms with Crippen LogP contribution in [-0.2, 0) is 20.9 Å². The molecule has 3 aliphatic rings. The lowest BCUT2D eigenvalue weighted by atomic mass is 9.70. The predicted molar refractivity (Wildman–Crippen MR) is 120 cm³/mol. The zero-order chi connectivity index (χ0) is 21.7. The molecule has 1 aromatic carbocycles. The van der Waals surface area contributed by atoms with Gasteiger partial charge >= 0.3 is 0 Å². The van der Waals surface area contributed by atoms with Crippen LogP contribution in [0.15, 0.2) is 64.6 Å². The Bertz CT molecular complexity index is 1050. The van der Waals surface area contributed by atoms with E-state index in [2.05, 4.69) is 34.8 Å². The minimum Gasteiger partial charge on any atom is -0.483 e. The van der Waals surface area contributed by atoms with Crippen molar-refractivity contribution in [3.8, 4) is 0 Å². The fourth-order valence-electron chi connectivity index (χ4n) is 5.47. The first kappa shape index (κ1) is 20.4. The van der Waals surface area contributed by atoms with E-state index in [4.69, 9.17) is 4.74 Å². The van der Waals surface area contributed by atoms with E-state index in [1.165, 1.54) is 0 Å². The molecule has 1 fully saturated rings. The van der Waals surface area contributed by atoms with Crippen LogP contribution in [0.4, 0.5) is 0 Å². The summed E-state index contributed by atoms with van der Waals surface area (Å²) in [6.07, 6.45) is 5.09. The number of nitrogens with zero attached hydrogens (tertiary/aromatic N) is 2. The molecular formula is C25H25BrN2O3. The Labute approximate surface area is 190 Å². The van der Waals surface area contributed by atoms with Crippen molar-refractivity contribution in [2.75, 3.05) is 0 Å². The van der Waals surface area contributed by atoms with Crippen LogP contribution < -0.4 is 0 Å². The van der Waals surface area contributed by atoms with Crippen LogP contribution in [0.5, 0.6) is 0 Å². The maximum Gasteiger partial charge on any atom is 0.290 e. The van der Waals surface area contributed by atoms with Gasteiger partial charge in [-0.2, -0.15) is 0 Å². The molecule has 1 saturated carbocycles. The number of ether oxygens (including phenoxy) is 1. The molecule has 31 heavy (non-hydrogen) atoms. The van der Waals surface area contributed by atoms with E-state index >= 15 is 0 Å². The average Bonchev–Trinajstić information content (AvgIpc) is 3.03. The molecule has 6 heteroatoms. The third-order valence-corrected chi connectivity index (χ3v) is 7.32. The highest BCUT2D eigenvalue weighted by Crippen LogP contribution is 2.49. The first-order valence-corrected chi connectivity index (χ1v) is 11.6. The van der Waals surface area contributed by atoms with Gasteiger partial charge in [-0.15, -0.1) is 0 Å². The summed E-state index contributed by atoms with van der Waals surface area (Å²) in [6, 6.07) is 11.2. The maximum atomic E-state index is 13.8. The average molecular weight is 481 g/mol. The summed E-state index contributed by atoms with van der Waals surface area (Å²) in [6.45, 7) is 4.70. The van der Waals surface area contributed by atoms with Gasteiger partial charge in [0.1, 0.15) is 6.10 Å². The number of carbonyl (C=O) groups is 2. The van der Waals surface area contributed by atoms with Crippen molar-refractivity contribution in [1.82, 2.24) is 9.88 Å². The summed E-state index contributed by atoms with van der Waals surface area (Å²) < 4.78 is 7.30. The van der Waals surface area contributed by atoms with Gasteiger partial charge in [-0.25, -0.2) is 0 Å². The summed E-state index contributed by atoms with van der Waals surface area (Å²) >= 11 is 3.48. The van der Waals surface area contributed by atoms with Gasteiger partial charge < -0.3 is 9.64 Å². The molecular weight excluding hydrogens is 456 g/mol. The van der Waals surface area contributed by atoms with Crippen LogP contribution in [0.25, 0.3) is 0 Å². The fourth-order valence-corrected chi connectivity index (χ4v) is 5.73. The molecule has 5 rings (SSSR count). The number of aromatic nitrogens is 1. The molecule has 0 N–H and O–H groups in total. The topological polar surface area (TPSA) is 59.5 Å². The van der Waals surface area contributed by atoms with Crippen molar-refractivity contribution >= 4 is 27.6 Å². The Morgan fingerprint density at radius 1 is 1.13 bits per heavy atom. The molecule has 2 aromatic rings. The largest absolute Gasteiger partial charge is 0.483 e. The van der Waals surface area contributed by atoms with Crippen molar-refractivity contribution < 1.29 is 14.3 Å². The standard InChI is InChI=1S/C25H25BrN2O3/c1-14-10-15(2)23-19(11-14)22(29)20-21(17-5-7-18(26)8-6-17)28(25(30)24(20)31-23)13-16-4-3-9-27-12-16/h3-9,12,14-15,19,21,23H,10-11,13H2,1-2H3. The minimum atomic E-state index is -0.447. The number of halogens is 1. The number of carbonyl (C=O) groups excluding carboxylic acids is 2. The molecule has 0 bridgehead atoms. The van der Waals surface area contributed by atoms with Gasteiger partial charge in [0.15, 0.2) is 11.5 Å². The smallest absolute Gasteiger partial charge is 0.290 e.